The molecule has 6 nitrogen and oxygen atoms in total. The number of aryl methyl sites for hydroxylation is 1. The molecule has 20 heavy (non-hydrogen) atoms. The van der Waals surface area contributed by atoms with E-state index in [1.54, 1.807) is 26.0 Å². The second-order valence-corrected chi connectivity index (χ2v) is 5.26. The molecule has 0 aliphatic heterocycles. The number of rotatable bonds is 4. The summed E-state index contributed by atoms with van der Waals surface area (Å²) >= 11 is 1.39. The summed E-state index contributed by atoms with van der Waals surface area (Å²) in [6, 6.07) is 6.33. The standard InChI is InChI=1S/C13H13N3O3S/c1-8-9(2)14-13(15-12(8)17)20-7-10-3-5-11(6-4-10)16(18)19/h3-6H,7H2,1-2H3,(H,14,15,17). The Morgan fingerprint density at radius 1 is 1.30 bits per heavy atom. The van der Waals surface area contributed by atoms with Crippen LogP contribution in [0.4, 0.5) is 5.69 Å². The van der Waals surface area contributed by atoms with E-state index in [0.717, 1.165) is 5.56 Å². The van der Waals surface area contributed by atoms with Gasteiger partial charge in [-0.15, -0.1) is 0 Å². The van der Waals surface area contributed by atoms with Gasteiger partial charge in [0.05, 0.1) is 4.92 Å². The highest BCUT2D eigenvalue weighted by atomic mass is 32.2. The first-order valence-corrected chi connectivity index (χ1v) is 6.89. The lowest BCUT2D eigenvalue weighted by Gasteiger charge is -2.04. The number of nitro benzene ring substituents is 1. The molecule has 0 aliphatic rings. The van der Waals surface area contributed by atoms with Crippen LogP contribution in [0.25, 0.3) is 0 Å². The summed E-state index contributed by atoms with van der Waals surface area (Å²) in [5, 5.41) is 11.1. The second kappa shape index (κ2) is 5.87. The Bertz CT molecular complexity index is 695. The number of nitrogens with zero attached hydrogens (tertiary/aromatic N) is 2. The zero-order valence-electron chi connectivity index (χ0n) is 11.0. The number of aromatic amines is 1. The molecule has 0 aliphatic carbocycles. The normalized spacial score (nSPS) is 10.5. The van der Waals surface area contributed by atoms with Crippen molar-refractivity contribution < 1.29 is 4.92 Å². The monoisotopic (exact) mass is 291 g/mol. The minimum atomic E-state index is -0.431. The lowest BCUT2D eigenvalue weighted by atomic mass is 10.2. The van der Waals surface area contributed by atoms with Crippen LogP contribution in [0, 0.1) is 24.0 Å². The van der Waals surface area contributed by atoms with Gasteiger partial charge in [0.1, 0.15) is 0 Å². The largest absolute Gasteiger partial charge is 0.301 e. The first kappa shape index (κ1) is 14.3. The molecule has 1 heterocycles. The van der Waals surface area contributed by atoms with Gasteiger partial charge in [0.25, 0.3) is 11.2 Å². The van der Waals surface area contributed by atoms with Crippen molar-refractivity contribution in [3.05, 3.63) is 61.6 Å². The molecule has 2 rings (SSSR count). The smallest absolute Gasteiger partial charge is 0.269 e. The molecule has 1 aromatic heterocycles. The highest BCUT2D eigenvalue weighted by Gasteiger charge is 2.06. The van der Waals surface area contributed by atoms with Crippen LogP contribution in [0.1, 0.15) is 16.8 Å². The van der Waals surface area contributed by atoms with Crippen LogP contribution in [-0.4, -0.2) is 14.9 Å². The van der Waals surface area contributed by atoms with Gasteiger partial charge in [-0.3, -0.25) is 14.9 Å². The fourth-order valence-electron chi connectivity index (χ4n) is 1.55. The van der Waals surface area contributed by atoms with Crippen LogP contribution in [0.2, 0.25) is 0 Å². The molecule has 1 N–H and O–H groups in total. The molecule has 0 atom stereocenters. The van der Waals surface area contributed by atoms with E-state index < -0.39 is 4.92 Å². The first-order valence-electron chi connectivity index (χ1n) is 5.91. The van der Waals surface area contributed by atoms with E-state index in [0.29, 0.717) is 22.2 Å². The predicted molar refractivity (Wildman–Crippen MR) is 77.0 cm³/mol. The zero-order valence-corrected chi connectivity index (χ0v) is 11.9. The van der Waals surface area contributed by atoms with Crippen LogP contribution >= 0.6 is 11.8 Å². The molecule has 0 saturated heterocycles. The number of hydrogen-bond acceptors (Lipinski definition) is 5. The molecular formula is C13H13N3O3S. The lowest BCUT2D eigenvalue weighted by molar-refractivity contribution is -0.384. The number of nitro groups is 1. The van der Waals surface area contributed by atoms with Gasteiger partial charge >= 0.3 is 0 Å². The van der Waals surface area contributed by atoms with Gasteiger partial charge in [0.15, 0.2) is 5.16 Å². The van der Waals surface area contributed by atoms with Gasteiger partial charge in [-0.1, -0.05) is 23.9 Å². The molecule has 104 valence electrons. The van der Waals surface area contributed by atoms with Gasteiger partial charge < -0.3 is 4.98 Å². The Morgan fingerprint density at radius 3 is 2.50 bits per heavy atom. The third-order valence-corrected chi connectivity index (χ3v) is 3.84. The van der Waals surface area contributed by atoms with E-state index in [-0.39, 0.29) is 11.2 Å². The Morgan fingerprint density at radius 2 is 1.95 bits per heavy atom. The number of non-ortho nitro benzene ring substituents is 1. The summed E-state index contributed by atoms with van der Waals surface area (Å²) in [7, 11) is 0. The van der Waals surface area contributed by atoms with Gasteiger partial charge in [0.2, 0.25) is 0 Å². The van der Waals surface area contributed by atoms with Crippen LogP contribution in [0.3, 0.4) is 0 Å². The molecular weight excluding hydrogens is 278 g/mol. The fraction of sp³-hybridized carbons (Fsp3) is 0.231. The third-order valence-electron chi connectivity index (χ3n) is 2.90. The van der Waals surface area contributed by atoms with Crippen LogP contribution in [0.5, 0.6) is 0 Å². The van der Waals surface area contributed by atoms with Crippen molar-refractivity contribution in [1.29, 1.82) is 0 Å². The van der Waals surface area contributed by atoms with E-state index in [1.807, 2.05) is 0 Å². The molecule has 0 amide bonds. The van der Waals surface area contributed by atoms with Gasteiger partial charge in [-0.05, 0) is 19.4 Å². The molecule has 0 spiro atoms. The van der Waals surface area contributed by atoms with E-state index in [2.05, 4.69) is 9.97 Å². The fourth-order valence-corrected chi connectivity index (χ4v) is 2.42. The van der Waals surface area contributed by atoms with Crippen molar-refractivity contribution in [3.8, 4) is 0 Å². The molecule has 0 saturated carbocycles. The molecule has 7 heteroatoms. The van der Waals surface area contributed by atoms with Crippen molar-refractivity contribution >= 4 is 17.4 Å². The van der Waals surface area contributed by atoms with Gasteiger partial charge in [-0.2, -0.15) is 0 Å². The van der Waals surface area contributed by atoms with E-state index in [9.17, 15) is 14.9 Å². The topological polar surface area (TPSA) is 88.9 Å². The quantitative estimate of drug-likeness (QED) is 0.405. The molecule has 1 aromatic carbocycles. The third kappa shape index (κ3) is 3.24. The summed E-state index contributed by atoms with van der Waals surface area (Å²) in [6.45, 7) is 3.52. The summed E-state index contributed by atoms with van der Waals surface area (Å²) in [5.74, 6) is 0.587. The molecule has 0 unspecified atom stereocenters. The Labute approximate surface area is 119 Å². The predicted octanol–water partition coefficient (Wildman–Crippen LogP) is 2.59. The lowest BCUT2D eigenvalue weighted by Crippen LogP contribution is -2.13. The molecule has 0 fully saturated rings. The number of H-pyrrole nitrogens is 1. The van der Waals surface area contributed by atoms with Crippen molar-refractivity contribution in [2.45, 2.75) is 24.8 Å². The number of thioether (sulfide) groups is 1. The molecule has 0 bridgehead atoms. The second-order valence-electron chi connectivity index (χ2n) is 4.29. The number of aromatic nitrogens is 2. The maximum atomic E-state index is 11.6. The summed E-state index contributed by atoms with van der Waals surface area (Å²) in [5.41, 5.74) is 2.19. The summed E-state index contributed by atoms with van der Waals surface area (Å²) in [6.07, 6.45) is 0. The van der Waals surface area contributed by atoms with Crippen LogP contribution < -0.4 is 5.56 Å². The Hall–Kier alpha value is -2.15. The summed E-state index contributed by atoms with van der Waals surface area (Å²) < 4.78 is 0. The van der Waals surface area contributed by atoms with Crippen molar-refractivity contribution in [2.75, 3.05) is 0 Å². The van der Waals surface area contributed by atoms with Crippen LogP contribution in [0.15, 0.2) is 34.2 Å². The maximum Gasteiger partial charge on any atom is 0.269 e. The van der Waals surface area contributed by atoms with Gasteiger partial charge in [-0.25, -0.2) is 4.98 Å². The highest BCUT2D eigenvalue weighted by molar-refractivity contribution is 7.98. The van der Waals surface area contributed by atoms with Crippen molar-refractivity contribution in [2.24, 2.45) is 0 Å². The van der Waals surface area contributed by atoms with Crippen LogP contribution in [-0.2, 0) is 5.75 Å². The first-order chi connectivity index (χ1) is 9.47. The van der Waals surface area contributed by atoms with Gasteiger partial charge in [0, 0.05) is 29.1 Å². The molecule has 2 aromatic rings. The zero-order chi connectivity index (χ0) is 14.7. The van der Waals surface area contributed by atoms with E-state index in [4.69, 9.17) is 0 Å². The maximum absolute atomic E-state index is 11.6. The average Bonchev–Trinajstić information content (AvgIpc) is 2.42. The number of benzene rings is 1. The minimum absolute atomic E-state index is 0.0662. The number of nitrogens with one attached hydrogen (secondary N) is 1. The van der Waals surface area contributed by atoms with Crippen molar-refractivity contribution in [3.63, 3.8) is 0 Å². The Balaban J connectivity index is 2.09. The minimum Gasteiger partial charge on any atom is -0.301 e. The van der Waals surface area contributed by atoms with Crippen molar-refractivity contribution in [1.82, 2.24) is 9.97 Å². The average molecular weight is 291 g/mol. The molecule has 0 radical (unpaired) electrons. The van der Waals surface area contributed by atoms with E-state index in [1.165, 1.54) is 23.9 Å². The highest BCUT2D eigenvalue weighted by Crippen LogP contribution is 2.20. The van der Waals surface area contributed by atoms with E-state index >= 15 is 0 Å². The summed E-state index contributed by atoms with van der Waals surface area (Å²) in [4.78, 5) is 28.7. The SMILES string of the molecule is Cc1nc(SCc2ccc([N+](=O)[O-])cc2)[nH]c(=O)c1C. The Kier molecular flexibility index (Phi) is 4.19. The number of hydrogen-bond donors (Lipinski definition) is 1.